The maximum absolute atomic E-state index is 13.1. The molecular weight excluding hydrogens is 366 g/mol. The van der Waals surface area contributed by atoms with Crippen molar-refractivity contribution in [2.75, 3.05) is 6.61 Å². The normalized spacial score (nSPS) is 11.6. The molecule has 2 heterocycles. The highest BCUT2D eigenvalue weighted by Crippen LogP contribution is 2.28. The van der Waals surface area contributed by atoms with Gasteiger partial charge in [0.1, 0.15) is 17.2 Å². The SMILES string of the molecule is CCOC(=O)c1cc2c(Cl)ncnc2n1S(=O)(=O)c1ccc(C)cc1. The number of halogens is 1. The summed E-state index contributed by atoms with van der Waals surface area (Å²) in [5.41, 5.74) is 0.746. The van der Waals surface area contributed by atoms with Gasteiger partial charge in [-0.2, -0.15) is 0 Å². The number of nitrogens with zero attached hydrogens (tertiary/aromatic N) is 3. The lowest BCUT2D eigenvalue weighted by atomic mass is 10.2. The van der Waals surface area contributed by atoms with Crippen LogP contribution >= 0.6 is 11.6 Å². The predicted octanol–water partition coefficient (Wildman–Crippen LogP) is 2.81. The molecule has 0 unspecified atom stereocenters. The zero-order chi connectivity index (χ0) is 18.2. The zero-order valence-corrected chi connectivity index (χ0v) is 15.0. The summed E-state index contributed by atoms with van der Waals surface area (Å²) in [6.07, 6.45) is 1.14. The summed E-state index contributed by atoms with van der Waals surface area (Å²) in [5.74, 6) is -0.785. The second kappa shape index (κ2) is 6.45. The third kappa shape index (κ3) is 2.98. The molecule has 7 nitrogen and oxygen atoms in total. The summed E-state index contributed by atoms with van der Waals surface area (Å²) in [5, 5.41) is 0.302. The van der Waals surface area contributed by atoms with E-state index in [0.717, 1.165) is 15.9 Å². The van der Waals surface area contributed by atoms with Gasteiger partial charge in [0.2, 0.25) is 0 Å². The number of carbonyl (C=O) groups is 1. The molecule has 2 aromatic heterocycles. The van der Waals surface area contributed by atoms with E-state index in [-0.39, 0.29) is 33.4 Å². The lowest BCUT2D eigenvalue weighted by molar-refractivity contribution is 0.0518. The first-order valence-corrected chi connectivity index (χ1v) is 9.19. The fraction of sp³-hybridized carbons (Fsp3) is 0.188. The van der Waals surface area contributed by atoms with E-state index in [1.165, 1.54) is 18.2 Å². The molecule has 0 saturated heterocycles. The van der Waals surface area contributed by atoms with Crippen molar-refractivity contribution in [3.05, 3.63) is 53.1 Å². The molecule has 0 radical (unpaired) electrons. The van der Waals surface area contributed by atoms with E-state index in [9.17, 15) is 13.2 Å². The Morgan fingerprint density at radius 3 is 2.56 bits per heavy atom. The molecule has 0 amide bonds. The standard InChI is InChI=1S/C16H14ClN3O4S/c1-3-24-16(21)13-8-12-14(17)18-9-19-15(12)20(13)25(22,23)11-6-4-10(2)5-7-11/h4-9H,3H2,1-2H3. The minimum Gasteiger partial charge on any atom is -0.461 e. The van der Waals surface area contributed by atoms with E-state index in [4.69, 9.17) is 16.3 Å². The molecule has 0 aliphatic rings. The quantitative estimate of drug-likeness (QED) is 0.511. The summed E-state index contributed by atoms with van der Waals surface area (Å²) < 4.78 is 32.0. The van der Waals surface area contributed by atoms with Crippen LogP contribution in [0.5, 0.6) is 0 Å². The second-order valence-electron chi connectivity index (χ2n) is 5.23. The molecule has 0 spiro atoms. The van der Waals surface area contributed by atoms with Crippen LogP contribution in [0.1, 0.15) is 23.0 Å². The molecule has 1 aromatic carbocycles. The van der Waals surface area contributed by atoms with Gasteiger partial charge in [0.25, 0.3) is 10.0 Å². The largest absolute Gasteiger partial charge is 0.461 e. The highest BCUT2D eigenvalue weighted by molar-refractivity contribution is 7.90. The zero-order valence-electron chi connectivity index (χ0n) is 13.4. The molecule has 9 heteroatoms. The fourth-order valence-electron chi connectivity index (χ4n) is 2.37. The molecule has 0 atom stereocenters. The molecule has 3 rings (SSSR count). The molecule has 0 aliphatic carbocycles. The van der Waals surface area contributed by atoms with Crippen LogP contribution in [-0.2, 0) is 14.8 Å². The monoisotopic (exact) mass is 379 g/mol. The summed E-state index contributed by atoms with van der Waals surface area (Å²) in [6, 6.07) is 7.60. The van der Waals surface area contributed by atoms with Crippen LogP contribution in [0.3, 0.4) is 0 Å². The predicted molar refractivity (Wildman–Crippen MR) is 92.3 cm³/mol. The summed E-state index contributed by atoms with van der Waals surface area (Å²) in [6.45, 7) is 3.58. The molecule has 0 fully saturated rings. The Hall–Kier alpha value is -2.45. The van der Waals surface area contributed by atoms with Gasteiger partial charge in [-0.05, 0) is 32.0 Å². The first kappa shape index (κ1) is 17.4. The Morgan fingerprint density at radius 1 is 1.24 bits per heavy atom. The maximum Gasteiger partial charge on any atom is 0.356 e. The highest BCUT2D eigenvalue weighted by atomic mass is 35.5. The Kier molecular flexibility index (Phi) is 4.49. The minimum absolute atomic E-state index is 0.0172. The lowest BCUT2D eigenvalue weighted by Gasteiger charge is -2.11. The van der Waals surface area contributed by atoms with Crippen molar-refractivity contribution in [2.24, 2.45) is 0 Å². The maximum atomic E-state index is 13.1. The average molecular weight is 380 g/mol. The van der Waals surface area contributed by atoms with Crippen molar-refractivity contribution in [2.45, 2.75) is 18.7 Å². The van der Waals surface area contributed by atoms with Crippen LogP contribution in [-0.4, -0.2) is 34.9 Å². The molecule has 25 heavy (non-hydrogen) atoms. The number of ether oxygens (including phenoxy) is 1. The van der Waals surface area contributed by atoms with E-state index >= 15 is 0 Å². The van der Waals surface area contributed by atoms with E-state index in [0.29, 0.717) is 0 Å². The van der Waals surface area contributed by atoms with Gasteiger partial charge in [0.05, 0.1) is 16.9 Å². The van der Waals surface area contributed by atoms with Gasteiger partial charge in [-0.15, -0.1) is 0 Å². The third-order valence-corrected chi connectivity index (χ3v) is 5.57. The number of aryl methyl sites for hydroxylation is 1. The summed E-state index contributed by atoms with van der Waals surface area (Å²) >= 11 is 6.03. The number of benzene rings is 1. The number of hydrogen-bond donors (Lipinski definition) is 0. The van der Waals surface area contributed by atoms with Gasteiger partial charge >= 0.3 is 5.97 Å². The van der Waals surface area contributed by atoms with Crippen molar-refractivity contribution in [1.29, 1.82) is 0 Å². The van der Waals surface area contributed by atoms with Crippen molar-refractivity contribution in [1.82, 2.24) is 13.9 Å². The van der Waals surface area contributed by atoms with E-state index < -0.39 is 16.0 Å². The third-order valence-electron chi connectivity index (χ3n) is 3.55. The number of esters is 1. The number of aromatic nitrogens is 3. The molecule has 3 aromatic rings. The summed E-state index contributed by atoms with van der Waals surface area (Å²) in [4.78, 5) is 20.1. The number of hydrogen-bond acceptors (Lipinski definition) is 6. The Bertz CT molecular complexity index is 1060. The number of fused-ring (bicyclic) bond motifs is 1. The van der Waals surface area contributed by atoms with Gasteiger partial charge in [-0.3, -0.25) is 0 Å². The lowest BCUT2D eigenvalue weighted by Crippen LogP contribution is -2.20. The molecule has 0 N–H and O–H groups in total. The second-order valence-corrected chi connectivity index (χ2v) is 7.38. The fourth-order valence-corrected chi connectivity index (χ4v) is 4.00. The molecule has 0 bridgehead atoms. The van der Waals surface area contributed by atoms with Gasteiger partial charge in [-0.25, -0.2) is 27.2 Å². The van der Waals surface area contributed by atoms with Crippen LogP contribution < -0.4 is 0 Å². The van der Waals surface area contributed by atoms with Crippen LogP contribution in [0.25, 0.3) is 11.0 Å². The van der Waals surface area contributed by atoms with E-state index in [2.05, 4.69) is 9.97 Å². The molecule has 0 saturated carbocycles. The van der Waals surface area contributed by atoms with Gasteiger partial charge < -0.3 is 4.74 Å². The van der Waals surface area contributed by atoms with Crippen molar-refractivity contribution < 1.29 is 17.9 Å². The first-order chi connectivity index (χ1) is 11.9. The van der Waals surface area contributed by atoms with Crippen molar-refractivity contribution in [3.63, 3.8) is 0 Å². The molecular formula is C16H14ClN3O4S. The van der Waals surface area contributed by atoms with E-state index in [1.807, 2.05) is 6.92 Å². The number of carbonyl (C=O) groups excluding carboxylic acids is 1. The van der Waals surface area contributed by atoms with Crippen LogP contribution in [0.2, 0.25) is 5.15 Å². The molecule has 0 aliphatic heterocycles. The van der Waals surface area contributed by atoms with Gasteiger partial charge in [-0.1, -0.05) is 29.3 Å². The van der Waals surface area contributed by atoms with Crippen LogP contribution in [0, 0.1) is 6.92 Å². The molecule has 130 valence electrons. The highest BCUT2D eigenvalue weighted by Gasteiger charge is 2.29. The first-order valence-electron chi connectivity index (χ1n) is 7.37. The average Bonchev–Trinajstić information content (AvgIpc) is 2.97. The Labute approximate surface area is 149 Å². The minimum atomic E-state index is -4.08. The topological polar surface area (TPSA) is 91.2 Å². The summed E-state index contributed by atoms with van der Waals surface area (Å²) in [7, 11) is -4.08. The van der Waals surface area contributed by atoms with Crippen molar-refractivity contribution in [3.8, 4) is 0 Å². The van der Waals surface area contributed by atoms with Crippen LogP contribution in [0.4, 0.5) is 0 Å². The van der Waals surface area contributed by atoms with Crippen molar-refractivity contribution >= 4 is 38.6 Å². The Morgan fingerprint density at radius 2 is 1.92 bits per heavy atom. The Balaban J connectivity index is 2.33. The van der Waals surface area contributed by atoms with E-state index in [1.54, 1.807) is 19.1 Å². The number of rotatable bonds is 4. The van der Waals surface area contributed by atoms with Crippen LogP contribution in [0.15, 0.2) is 41.6 Å². The van der Waals surface area contributed by atoms with Gasteiger partial charge in [0.15, 0.2) is 5.65 Å². The smallest absolute Gasteiger partial charge is 0.356 e. The van der Waals surface area contributed by atoms with Gasteiger partial charge in [0, 0.05) is 0 Å².